The first-order chi connectivity index (χ1) is 14.1. The van der Waals surface area contributed by atoms with Gasteiger partial charge >= 0.3 is 11.9 Å². The topological polar surface area (TPSA) is 80.3 Å². The summed E-state index contributed by atoms with van der Waals surface area (Å²) in [7, 11) is 4.35. The molecule has 1 heterocycles. The van der Waals surface area contributed by atoms with Crippen LogP contribution in [0.3, 0.4) is 0 Å². The molecule has 1 saturated heterocycles. The van der Waals surface area contributed by atoms with Crippen LogP contribution in [0.2, 0.25) is 0 Å². The molecule has 0 amide bonds. The van der Waals surface area contributed by atoms with Crippen LogP contribution in [0, 0.1) is 11.8 Å². The van der Waals surface area contributed by atoms with Crippen LogP contribution in [0.15, 0.2) is 48.5 Å². The predicted octanol–water partition coefficient (Wildman–Crippen LogP) is 2.92. The molecule has 7 nitrogen and oxygen atoms in total. The molecule has 0 aliphatic carbocycles. The van der Waals surface area contributed by atoms with Gasteiger partial charge in [0.1, 0.15) is 0 Å². The monoisotopic (exact) mass is 400 g/mol. The number of benzene rings is 2. The van der Waals surface area contributed by atoms with Crippen LogP contribution < -0.4 is 9.47 Å². The summed E-state index contributed by atoms with van der Waals surface area (Å²) in [6, 6.07) is 15.0. The number of carbonyl (C=O) groups is 2. The van der Waals surface area contributed by atoms with E-state index >= 15 is 0 Å². The zero-order chi connectivity index (χ0) is 20.8. The number of ether oxygens (including phenoxy) is 5. The number of carbonyl (C=O) groups excluding carboxylic acids is 2. The van der Waals surface area contributed by atoms with Gasteiger partial charge in [-0.15, -0.1) is 0 Å². The maximum absolute atomic E-state index is 12.2. The first kappa shape index (κ1) is 20.7. The van der Waals surface area contributed by atoms with Crippen molar-refractivity contribution >= 4 is 11.9 Å². The molecule has 0 bridgehead atoms. The number of hydrogen-bond donors (Lipinski definition) is 0. The van der Waals surface area contributed by atoms with Crippen LogP contribution in [-0.2, 0) is 30.4 Å². The van der Waals surface area contributed by atoms with Gasteiger partial charge in [0.25, 0.3) is 0 Å². The average Bonchev–Trinajstić information content (AvgIpc) is 3.15. The van der Waals surface area contributed by atoms with Crippen LogP contribution in [0.5, 0.6) is 11.5 Å². The first-order valence-electron chi connectivity index (χ1n) is 9.21. The highest BCUT2D eigenvalue weighted by Gasteiger charge is 2.48. The van der Waals surface area contributed by atoms with E-state index in [0.717, 1.165) is 11.1 Å². The lowest BCUT2D eigenvalue weighted by atomic mass is 9.86. The van der Waals surface area contributed by atoms with Crippen LogP contribution in [0.1, 0.15) is 17.2 Å². The molecule has 0 aromatic heterocycles. The average molecular weight is 400 g/mol. The fourth-order valence-electron chi connectivity index (χ4n) is 3.46. The lowest BCUT2D eigenvalue weighted by molar-refractivity contribution is -0.156. The summed E-state index contributed by atoms with van der Waals surface area (Å²) < 4.78 is 26.9. The Hall–Kier alpha value is -3.06. The van der Waals surface area contributed by atoms with E-state index < -0.39 is 29.9 Å². The minimum atomic E-state index is -1.05. The van der Waals surface area contributed by atoms with Crippen molar-refractivity contribution in [3.8, 4) is 11.5 Å². The van der Waals surface area contributed by atoms with Crippen LogP contribution in [-0.4, -0.2) is 39.9 Å². The van der Waals surface area contributed by atoms with Crippen molar-refractivity contribution < 1.29 is 33.3 Å². The summed E-state index contributed by atoms with van der Waals surface area (Å²) in [5.74, 6) is -1.72. The van der Waals surface area contributed by atoms with Gasteiger partial charge in [-0.25, -0.2) is 0 Å². The van der Waals surface area contributed by atoms with Crippen molar-refractivity contribution in [2.45, 2.75) is 12.7 Å². The molecule has 3 rings (SSSR count). The maximum Gasteiger partial charge on any atom is 0.320 e. The largest absolute Gasteiger partial charge is 0.493 e. The van der Waals surface area contributed by atoms with Crippen molar-refractivity contribution in [2.24, 2.45) is 11.8 Å². The molecule has 2 aromatic rings. The Morgan fingerprint density at radius 2 is 1.79 bits per heavy atom. The van der Waals surface area contributed by atoms with E-state index in [9.17, 15) is 9.59 Å². The van der Waals surface area contributed by atoms with Crippen molar-refractivity contribution in [3.63, 3.8) is 0 Å². The van der Waals surface area contributed by atoms with Gasteiger partial charge in [-0.05, 0) is 23.3 Å². The number of rotatable bonds is 8. The van der Waals surface area contributed by atoms with E-state index in [0.29, 0.717) is 18.1 Å². The second-order valence-electron chi connectivity index (χ2n) is 6.63. The molecule has 0 unspecified atom stereocenters. The third kappa shape index (κ3) is 4.51. The van der Waals surface area contributed by atoms with E-state index in [2.05, 4.69) is 0 Å². The van der Waals surface area contributed by atoms with Gasteiger partial charge in [-0.1, -0.05) is 36.4 Å². The normalized spacial score (nSPS) is 19.3. The zero-order valence-corrected chi connectivity index (χ0v) is 16.6. The van der Waals surface area contributed by atoms with Crippen molar-refractivity contribution in [1.82, 2.24) is 0 Å². The third-order valence-corrected chi connectivity index (χ3v) is 4.95. The standard InChI is InChI=1S/C22H24O7/c1-25-17-10-9-15(11-18(17)26-2)20(28-12-14-7-5-4-6-8-14)16-13-29-22(24)19(16)21(23)27-3/h4-11,16,19-20H,12-13H2,1-3H3/t16-,19-,20-/m0/s1. The molecular weight excluding hydrogens is 376 g/mol. The lowest BCUT2D eigenvalue weighted by Crippen LogP contribution is -2.31. The van der Waals surface area contributed by atoms with E-state index in [4.69, 9.17) is 23.7 Å². The molecule has 2 aromatic carbocycles. The van der Waals surface area contributed by atoms with Gasteiger partial charge < -0.3 is 23.7 Å². The van der Waals surface area contributed by atoms with E-state index in [1.54, 1.807) is 26.4 Å². The second-order valence-corrected chi connectivity index (χ2v) is 6.63. The summed E-state index contributed by atoms with van der Waals surface area (Å²) in [6.45, 7) is 0.366. The molecule has 0 radical (unpaired) electrons. The van der Waals surface area contributed by atoms with Gasteiger partial charge in [0.05, 0.1) is 40.6 Å². The van der Waals surface area contributed by atoms with Gasteiger partial charge in [0.2, 0.25) is 0 Å². The highest BCUT2D eigenvalue weighted by molar-refractivity contribution is 5.96. The third-order valence-electron chi connectivity index (χ3n) is 4.95. The van der Waals surface area contributed by atoms with Crippen LogP contribution >= 0.6 is 0 Å². The van der Waals surface area contributed by atoms with Crippen LogP contribution in [0.4, 0.5) is 0 Å². The molecule has 0 saturated carbocycles. The first-order valence-corrected chi connectivity index (χ1v) is 9.21. The number of methoxy groups -OCH3 is 3. The molecule has 0 N–H and O–H groups in total. The molecule has 0 spiro atoms. The van der Waals surface area contributed by atoms with Gasteiger partial charge in [-0.2, -0.15) is 0 Å². The lowest BCUT2D eigenvalue weighted by Gasteiger charge is -2.26. The molecular formula is C22H24O7. The Morgan fingerprint density at radius 1 is 1.07 bits per heavy atom. The number of esters is 2. The van der Waals surface area contributed by atoms with E-state index in [-0.39, 0.29) is 6.61 Å². The maximum atomic E-state index is 12.2. The fraction of sp³-hybridized carbons (Fsp3) is 0.364. The van der Waals surface area contributed by atoms with Gasteiger partial charge in [0.15, 0.2) is 17.4 Å². The van der Waals surface area contributed by atoms with Crippen LogP contribution in [0.25, 0.3) is 0 Å². The van der Waals surface area contributed by atoms with Crippen molar-refractivity contribution in [2.75, 3.05) is 27.9 Å². The van der Waals surface area contributed by atoms with E-state index in [1.807, 2.05) is 36.4 Å². The fourth-order valence-corrected chi connectivity index (χ4v) is 3.46. The summed E-state index contributed by atoms with van der Waals surface area (Å²) in [6.07, 6.45) is -0.592. The summed E-state index contributed by atoms with van der Waals surface area (Å²) in [5.41, 5.74) is 1.72. The molecule has 29 heavy (non-hydrogen) atoms. The summed E-state index contributed by atoms with van der Waals surface area (Å²) >= 11 is 0. The molecule has 154 valence electrons. The minimum Gasteiger partial charge on any atom is -0.493 e. The second kappa shape index (κ2) is 9.43. The van der Waals surface area contributed by atoms with Crippen molar-refractivity contribution in [3.05, 3.63) is 59.7 Å². The van der Waals surface area contributed by atoms with E-state index in [1.165, 1.54) is 7.11 Å². The Bertz CT molecular complexity index is 849. The zero-order valence-electron chi connectivity index (χ0n) is 16.6. The molecule has 1 fully saturated rings. The Kier molecular flexibility index (Phi) is 6.72. The Morgan fingerprint density at radius 3 is 2.45 bits per heavy atom. The quantitative estimate of drug-likeness (QED) is 0.498. The Balaban J connectivity index is 1.95. The SMILES string of the molecule is COC(=O)[C@H]1C(=O)OC[C@@H]1[C@@H](OCc1ccccc1)c1ccc(OC)c(OC)c1. The number of hydrogen-bond acceptors (Lipinski definition) is 7. The highest BCUT2D eigenvalue weighted by Crippen LogP contribution is 2.40. The minimum absolute atomic E-state index is 0.0619. The van der Waals surface area contributed by atoms with Gasteiger partial charge in [0, 0.05) is 5.92 Å². The predicted molar refractivity (Wildman–Crippen MR) is 103 cm³/mol. The summed E-state index contributed by atoms with van der Waals surface area (Å²) in [5, 5.41) is 0. The number of cyclic esters (lactones) is 1. The molecule has 3 atom stereocenters. The smallest absolute Gasteiger partial charge is 0.320 e. The summed E-state index contributed by atoms with van der Waals surface area (Å²) in [4.78, 5) is 24.4. The van der Waals surface area contributed by atoms with Crippen molar-refractivity contribution in [1.29, 1.82) is 0 Å². The van der Waals surface area contributed by atoms with Gasteiger partial charge in [-0.3, -0.25) is 9.59 Å². The highest BCUT2D eigenvalue weighted by atomic mass is 16.6. The molecule has 1 aliphatic heterocycles. The molecule has 1 aliphatic rings. The molecule has 7 heteroatoms. The Labute approximate surface area is 169 Å².